The summed E-state index contributed by atoms with van der Waals surface area (Å²) in [5, 5.41) is 9.63. The number of rotatable bonds is 7. The van der Waals surface area contributed by atoms with E-state index in [1.165, 1.54) is 6.20 Å². The van der Waals surface area contributed by atoms with Crippen molar-refractivity contribution < 1.29 is 8.42 Å². The second-order valence-corrected chi connectivity index (χ2v) is 6.31. The maximum absolute atomic E-state index is 12.4. The fourth-order valence-electron chi connectivity index (χ4n) is 1.87. The molecular formula is C13H19N5O2S. The van der Waals surface area contributed by atoms with Gasteiger partial charge in [-0.1, -0.05) is 6.92 Å². The molecule has 2 aromatic rings. The number of H-pyrrole nitrogens is 1. The summed E-state index contributed by atoms with van der Waals surface area (Å²) in [4.78, 5) is 4.04. The summed E-state index contributed by atoms with van der Waals surface area (Å²) in [6.07, 6.45) is 4.06. The van der Waals surface area contributed by atoms with Crippen LogP contribution in [-0.4, -0.2) is 30.1 Å². The quantitative estimate of drug-likeness (QED) is 0.672. The van der Waals surface area contributed by atoms with E-state index >= 15 is 0 Å². The van der Waals surface area contributed by atoms with Crippen LogP contribution in [0.2, 0.25) is 0 Å². The van der Waals surface area contributed by atoms with Crippen LogP contribution in [-0.2, 0) is 16.6 Å². The molecule has 0 amide bonds. The number of sulfonamides is 1. The van der Waals surface area contributed by atoms with Gasteiger partial charge in [0, 0.05) is 24.0 Å². The predicted octanol–water partition coefficient (Wildman–Crippen LogP) is 1.41. The van der Waals surface area contributed by atoms with Crippen LogP contribution in [0.4, 0.5) is 5.69 Å². The Morgan fingerprint density at radius 2 is 2.19 bits per heavy atom. The molecule has 0 aliphatic carbocycles. The number of aromatic nitrogens is 3. The first-order chi connectivity index (χ1) is 10.0. The normalized spacial score (nSPS) is 11.5. The van der Waals surface area contributed by atoms with Crippen molar-refractivity contribution in [3.8, 4) is 0 Å². The van der Waals surface area contributed by atoms with Crippen LogP contribution < -0.4 is 10.0 Å². The number of nitrogens with one attached hydrogen (secondary N) is 3. The molecule has 0 saturated carbocycles. The van der Waals surface area contributed by atoms with Gasteiger partial charge in [-0.25, -0.2) is 0 Å². The predicted molar refractivity (Wildman–Crippen MR) is 80.4 cm³/mol. The zero-order valence-electron chi connectivity index (χ0n) is 12.0. The Labute approximate surface area is 124 Å². The van der Waals surface area contributed by atoms with E-state index in [1.807, 2.05) is 6.92 Å². The molecule has 0 unspecified atom stereocenters. The summed E-state index contributed by atoms with van der Waals surface area (Å²) < 4.78 is 27.3. The molecule has 21 heavy (non-hydrogen) atoms. The maximum atomic E-state index is 12.4. The van der Waals surface area contributed by atoms with Gasteiger partial charge in [-0.2, -0.15) is 13.5 Å². The smallest absolute Gasteiger partial charge is 0.279 e. The van der Waals surface area contributed by atoms with Crippen LogP contribution in [0.5, 0.6) is 0 Å². The lowest BCUT2D eigenvalue weighted by Gasteiger charge is -2.09. The average molecular weight is 309 g/mol. The summed E-state index contributed by atoms with van der Waals surface area (Å²) in [5.41, 5.74) is 1.83. The minimum atomic E-state index is -3.69. The first kappa shape index (κ1) is 15.5. The van der Waals surface area contributed by atoms with Crippen molar-refractivity contribution in [1.29, 1.82) is 0 Å². The SMILES string of the molecule is CCCNCc1cn[nH]c1S(=O)(=O)Nc1ccnc(C)c1. The van der Waals surface area contributed by atoms with E-state index < -0.39 is 10.0 Å². The fourth-order valence-corrected chi connectivity index (χ4v) is 3.06. The third-order valence-electron chi connectivity index (χ3n) is 2.84. The Morgan fingerprint density at radius 3 is 2.90 bits per heavy atom. The van der Waals surface area contributed by atoms with Crippen molar-refractivity contribution >= 4 is 15.7 Å². The Bertz CT molecular complexity index is 696. The van der Waals surface area contributed by atoms with E-state index in [2.05, 4.69) is 25.2 Å². The number of aryl methyl sites for hydroxylation is 1. The van der Waals surface area contributed by atoms with Gasteiger partial charge in [-0.3, -0.25) is 14.8 Å². The molecule has 8 heteroatoms. The first-order valence-electron chi connectivity index (χ1n) is 6.71. The second kappa shape index (κ2) is 6.68. The molecule has 0 atom stereocenters. The van der Waals surface area contributed by atoms with Crippen LogP contribution in [0.25, 0.3) is 0 Å². The topological polar surface area (TPSA) is 99.8 Å². The van der Waals surface area contributed by atoms with Gasteiger partial charge in [0.25, 0.3) is 10.0 Å². The summed E-state index contributed by atoms with van der Waals surface area (Å²) in [6, 6.07) is 3.28. The summed E-state index contributed by atoms with van der Waals surface area (Å²) >= 11 is 0. The van der Waals surface area contributed by atoms with E-state index in [9.17, 15) is 8.42 Å². The molecule has 2 rings (SSSR count). The molecule has 0 fully saturated rings. The van der Waals surface area contributed by atoms with Crippen molar-refractivity contribution in [3.63, 3.8) is 0 Å². The van der Waals surface area contributed by atoms with E-state index in [0.29, 0.717) is 17.8 Å². The average Bonchev–Trinajstić information content (AvgIpc) is 2.88. The van der Waals surface area contributed by atoms with Gasteiger partial charge in [0.1, 0.15) is 0 Å². The highest BCUT2D eigenvalue weighted by atomic mass is 32.2. The molecule has 0 radical (unpaired) electrons. The first-order valence-corrected chi connectivity index (χ1v) is 8.19. The van der Waals surface area contributed by atoms with Crippen molar-refractivity contribution in [2.24, 2.45) is 0 Å². The number of nitrogens with zero attached hydrogens (tertiary/aromatic N) is 2. The van der Waals surface area contributed by atoms with Gasteiger partial charge in [0.15, 0.2) is 5.03 Å². The zero-order chi connectivity index (χ0) is 15.3. The highest BCUT2D eigenvalue weighted by molar-refractivity contribution is 7.92. The molecule has 0 aliphatic heterocycles. The van der Waals surface area contributed by atoms with Crippen LogP contribution >= 0.6 is 0 Å². The lowest BCUT2D eigenvalue weighted by Crippen LogP contribution is -2.19. The standard InChI is InChI=1S/C13H19N5O2S/c1-3-5-14-8-11-9-16-17-13(11)21(19,20)18-12-4-6-15-10(2)7-12/h4,6-7,9,14H,3,5,8H2,1-2H3,(H,15,18)(H,16,17). The molecular weight excluding hydrogens is 290 g/mol. The van der Waals surface area contributed by atoms with Gasteiger partial charge < -0.3 is 5.32 Å². The summed E-state index contributed by atoms with van der Waals surface area (Å²) in [5.74, 6) is 0. The Balaban J connectivity index is 2.18. The molecule has 3 N–H and O–H groups in total. The fraction of sp³-hybridized carbons (Fsp3) is 0.385. The molecule has 2 aromatic heterocycles. The van der Waals surface area contributed by atoms with Crippen LogP contribution in [0.3, 0.4) is 0 Å². The number of hydrogen-bond acceptors (Lipinski definition) is 5. The number of aromatic amines is 1. The minimum Gasteiger partial charge on any atom is -0.313 e. The largest absolute Gasteiger partial charge is 0.313 e. The number of anilines is 1. The van der Waals surface area contributed by atoms with E-state index in [4.69, 9.17) is 0 Å². The molecule has 114 valence electrons. The third kappa shape index (κ3) is 4.02. The summed E-state index contributed by atoms with van der Waals surface area (Å²) in [7, 11) is -3.69. The van der Waals surface area contributed by atoms with Crippen LogP contribution in [0.1, 0.15) is 24.6 Å². The monoisotopic (exact) mass is 309 g/mol. The van der Waals surface area contributed by atoms with E-state index in [0.717, 1.165) is 18.7 Å². The number of pyridine rings is 1. The molecule has 0 saturated heterocycles. The summed E-state index contributed by atoms with van der Waals surface area (Å²) in [6.45, 7) is 5.12. The van der Waals surface area contributed by atoms with Crippen LogP contribution in [0.15, 0.2) is 29.6 Å². The highest BCUT2D eigenvalue weighted by Crippen LogP contribution is 2.17. The highest BCUT2D eigenvalue weighted by Gasteiger charge is 2.20. The van der Waals surface area contributed by atoms with Gasteiger partial charge in [-0.05, 0) is 32.0 Å². The van der Waals surface area contributed by atoms with Crippen molar-refractivity contribution in [3.05, 3.63) is 35.8 Å². The Kier molecular flexibility index (Phi) is 4.92. The van der Waals surface area contributed by atoms with Gasteiger partial charge in [0.05, 0.1) is 11.9 Å². The number of hydrogen-bond donors (Lipinski definition) is 3. The second-order valence-electron chi connectivity index (χ2n) is 4.69. The van der Waals surface area contributed by atoms with Crippen molar-refractivity contribution in [1.82, 2.24) is 20.5 Å². The van der Waals surface area contributed by atoms with E-state index in [1.54, 1.807) is 25.3 Å². The molecule has 2 heterocycles. The zero-order valence-corrected chi connectivity index (χ0v) is 12.9. The Hall–Kier alpha value is -1.93. The lowest BCUT2D eigenvalue weighted by molar-refractivity contribution is 0.593. The minimum absolute atomic E-state index is 0.0839. The van der Waals surface area contributed by atoms with Gasteiger partial charge >= 0.3 is 0 Å². The van der Waals surface area contributed by atoms with Crippen molar-refractivity contribution in [2.75, 3.05) is 11.3 Å². The molecule has 7 nitrogen and oxygen atoms in total. The third-order valence-corrected chi connectivity index (χ3v) is 4.23. The maximum Gasteiger partial charge on any atom is 0.279 e. The molecule has 0 bridgehead atoms. The Morgan fingerprint density at radius 1 is 1.38 bits per heavy atom. The lowest BCUT2D eigenvalue weighted by atomic mass is 10.3. The molecule has 0 spiro atoms. The molecule has 0 aromatic carbocycles. The van der Waals surface area contributed by atoms with Crippen LogP contribution in [0, 0.1) is 6.92 Å². The van der Waals surface area contributed by atoms with Gasteiger partial charge in [0.2, 0.25) is 0 Å². The van der Waals surface area contributed by atoms with Crippen molar-refractivity contribution in [2.45, 2.75) is 31.8 Å². The van der Waals surface area contributed by atoms with E-state index in [-0.39, 0.29) is 5.03 Å². The van der Waals surface area contributed by atoms with Gasteiger partial charge in [-0.15, -0.1) is 0 Å². The molecule has 0 aliphatic rings.